The van der Waals surface area contributed by atoms with E-state index in [2.05, 4.69) is 17.0 Å². The van der Waals surface area contributed by atoms with E-state index in [1.54, 1.807) is 4.90 Å². The quantitative estimate of drug-likeness (QED) is 0.772. The number of carbonyl (C=O) groups is 1. The minimum Gasteiger partial charge on any atom is -0.491 e. The molecule has 1 amide bonds. The molecule has 4 rings (SSSR count). The monoisotopic (exact) mass is 398 g/mol. The summed E-state index contributed by atoms with van der Waals surface area (Å²) in [5, 5.41) is 0. The molecule has 2 heterocycles. The Labute approximate surface area is 171 Å². The number of halogens is 1. The Hall–Kier alpha value is -2.60. The highest BCUT2D eigenvalue weighted by atomic mass is 19.1. The van der Waals surface area contributed by atoms with Crippen LogP contribution in [0.25, 0.3) is 0 Å². The lowest BCUT2D eigenvalue weighted by Crippen LogP contribution is -2.36. The van der Waals surface area contributed by atoms with Crippen LogP contribution in [0.15, 0.2) is 42.5 Å². The van der Waals surface area contributed by atoms with E-state index < -0.39 is 0 Å². The van der Waals surface area contributed by atoms with Crippen LogP contribution in [-0.4, -0.2) is 48.6 Å². The summed E-state index contributed by atoms with van der Waals surface area (Å²) in [6.45, 7) is 4.65. The molecule has 0 N–H and O–H groups in total. The smallest absolute Gasteiger partial charge is 0.260 e. The van der Waals surface area contributed by atoms with Crippen molar-refractivity contribution in [2.24, 2.45) is 0 Å². The van der Waals surface area contributed by atoms with Crippen molar-refractivity contribution in [3.05, 3.63) is 59.4 Å². The first-order valence-electron chi connectivity index (χ1n) is 10.3. The molecule has 0 saturated carbocycles. The van der Waals surface area contributed by atoms with Crippen molar-refractivity contribution in [3.63, 3.8) is 0 Å². The van der Waals surface area contributed by atoms with Gasteiger partial charge in [-0.15, -0.1) is 0 Å². The molecular formula is C23H27FN2O3. The van der Waals surface area contributed by atoms with E-state index in [1.807, 2.05) is 6.07 Å². The molecular weight excluding hydrogens is 371 g/mol. The topological polar surface area (TPSA) is 42.0 Å². The second-order valence-corrected chi connectivity index (χ2v) is 7.69. The molecule has 0 aromatic heterocycles. The average molecular weight is 398 g/mol. The van der Waals surface area contributed by atoms with Gasteiger partial charge in [-0.3, -0.25) is 9.69 Å². The Morgan fingerprint density at radius 2 is 1.83 bits per heavy atom. The Morgan fingerprint density at radius 1 is 1.03 bits per heavy atom. The van der Waals surface area contributed by atoms with Gasteiger partial charge in [0, 0.05) is 18.7 Å². The second kappa shape index (κ2) is 9.27. The largest absolute Gasteiger partial charge is 0.491 e. The molecule has 0 spiro atoms. The first kappa shape index (κ1) is 19.7. The number of carbonyl (C=O) groups excluding carboxylic acids is 1. The molecule has 2 aliphatic rings. The number of hydrogen-bond donors (Lipinski definition) is 0. The van der Waals surface area contributed by atoms with Gasteiger partial charge in [0.05, 0.1) is 6.54 Å². The first-order valence-corrected chi connectivity index (χ1v) is 10.3. The number of benzene rings is 2. The van der Waals surface area contributed by atoms with Gasteiger partial charge in [-0.05, 0) is 67.9 Å². The highest BCUT2D eigenvalue weighted by Crippen LogP contribution is 2.26. The maximum absolute atomic E-state index is 13.0. The molecule has 5 nitrogen and oxygen atoms in total. The lowest BCUT2D eigenvalue weighted by Gasteiger charge is -2.26. The number of nitrogens with zero attached hydrogens (tertiary/aromatic N) is 2. The zero-order valence-corrected chi connectivity index (χ0v) is 16.6. The molecule has 2 aromatic carbocycles. The molecule has 1 fully saturated rings. The fourth-order valence-electron chi connectivity index (χ4n) is 3.90. The summed E-state index contributed by atoms with van der Waals surface area (Å²) in [4.78, 5) is 16.9. The number of likely N-dealkylation sites (tertiary alicyclic amines) is 1. The summed E-state index contributed by atoms with van der Waals surface area (Å²) in [5.74, 6) is 0.898. The van der Waals surface area contributed by atoms with Crippen LogP contribution in [0, 0.1) is 5.82 Å². The van der Waals surface area contributed by atoms with E-state index >= 15 is 0 Å². The fraction of sp³-hybridized carbons (Fsp3) is 0.435. The first-order chi connectivity index (χ1) is 14.2. The maximum Gasteiger partial charge on any atom is 0.260 e. The van der Waals surface area contributed by atoms with Crippen LogP contribution in [-0.2, 0) is 17.9 Å². The van der Waals surface area contributed by atoms with Crippen LogP contribution in [0.5, 0.6) is 11.5 Å². The van der Waals surface area contributed by atoms with Gasteiger partial charge in [0.2, 0.25) is 0 Å². The molecule has 0 radical (unpaired) electrons. The highest BCUT2D eigenvalue weighted by molar-refractivity contribution is 5.78. The minimum atomic E-state index is -0.328. The summed E-state index contributed by atoms with van der Waals surface area (Å²) < 4.78 is 24.4. The van der Waals surface area contributed by atoms with Crippen LogP contribution in [0.4, 0.5) is 4.39 Å². The highest BCUT2D eigenvalue weighted by Gasteiger charge is 2.21. The number of ether oxygens (including phenoxy) is 2. The maximum atomic E-state index is 13.0. The average Bonchev–Trinajstić information content (AvgIpc) is 2.96. The Bertz CT molecular complexity index is 835. The van der Waals surface area contributed by atoms with Crippen LogP contribution in [0.1, 0.15) is 30.4 Å². The Kier molecular flexibility index (Phi) is 6.30. The van der Waals surface area contributed by atoms with Gasteiger partial charge < -0.3 is 14.4 Å². The van der Waals surface area contributed by atoms with Crippen molar-refractivity contribution in [2.75, 3.05) is 32.8 Å². The van der Waals surface area contributed by atoms with Crippen LogP contribution in [0.2, 0.25) is 0 Å². The summed E-state index contributed by atoms with van der Waals surface area (Å²) in [6, 6.07) is 12.0. The summed E-state index contributed by atoms with van der Waals surface area (Å²) >= 11 is 0. The van der Waals surface area contributed by atoms with Gasteiger partial charge in [0.1, 0.15) is 23.9 Å². The number of rotatable bonds is 5. The van der Waals surface area contributed by atoms with Gasteiger partial charge in [0.15, 0.2) is 6.61 Å². The number of amides is 1. The van der Waals surface area contributed by atoms with Gasteiger partial charge in [-0.2, -0.15) is 0 Å². The van der Waals surface area contributed by atoms with Crippen LogP contribution < -0.4 is 9.47 Å². The van der Waals surface area contributed by atoms with Crippen molar-refractivity contribution < 1.29 is 18.7 Å². The fourth-order valence-corrected chi connectivity index (χ4v) is 3.90. The van der Waals surface area contributed by atoms with Gasteiger partial charge in [-0.1, -0.05) is 12.5 Å². The Balaban J connectivity index is 1.38. The molecule has 6 heteroatoms. The zero-order valence-electron chi connectivity index (χ0n) is 16.6. The molecule has 0 atom stereocenters. The van der Waals surface area contributed by atoms with E-state index in [1.165, 1.54) is 49.1 Å². The van der Waals surface area contributed by atoms with Crippen molar-refractivity contribution in [2.45, 2.75) is 32.4 Å². The molecule has 2 aromatic rings. The number of fused-ring (bicyclic) bond motifs is 1. The van der Waals surface area contributed by atoms with Crippen molar-refractivity contribution in [1.29, 1.82) is 0 Å². The summed E-state index contributed by atoms with van der Waals surface area (Å²) in [5.41, 5.74) is 2.29. The Morgan fingerprint density at radius 3 is 2.62 bits per heavy atom. The summed E-state index contributed by atoms with van der Waals surface area (Å²) in [6.07, 6.45) is 3.86. The predicted molar refractivity (Wildman–Crippen MR) is 108 cm³/mol. The normalized spacial score (nSPS) is 17.2. The van der Waals surface area contributed by atoms with E-state index in [9.17, 15) is 9.18 Å². The SMILES string of the molecule is O=C(COc1ccc(F)cc1)N1CCOc2ccc(CN3CCCCC3)cc2C1. The second-order valence-electron chi connectivity index (χ2n) is 7.69. The lowest BCUT2D eigenvalue weighted by atomic mass is 10.1. The van der Waals surface area contributed by atoms with Crippen molar-refractivity contribution in [1.82, 2.24) is 9.80 Å². The minimum absolute atomic E-state index is 0.0750. The predicted octanol–water partition coefficient (Wildman–Crippen LogP) is 3.61. The van der Waals surface area contributed by atoms with Gasteiger partial charge >= 0.3 is 0 Å². The van der Waals surface area contributed by atoms with Crippen LogP contribution >= 0.6 is 0 Å². The van der Waals surface area contributed by atoms with Crippen molar-refractivity contribution in [3.8, 4) is 11.5 Å². The third-order valence-electron chi connectivity index (χ3n) is 5.49. The lowest BCUT2D eigenvalue weighted by molar-refractivity contribution is -0.134. The van der Waals surface area contributed by atoms with E-state index in [0.717, 1.165) is 30.9 Å². The van der Waals surface area contributed by atoms with Crippen molar-refractivity contribution >= 4 is 5.91 Å². The van der Waals surface area contributed by atoms with Crippen LogP contribution in [0.3, 0.4) is 0 Å². The number of hydrogen-bond acceptors (Lipinski definition) is 4. The molecule has 0 bridgehead atoms. The van der Waals surface area contributed by atoms with E-state index in [4.69, 9.17) is 9.47 Å². The molecule has 1 saturated heterocycles. The standard InChI is InChI=1S/C23H27FN2O3/c24-20-5-7-21(8-6-20)29-17-23(27)26-12-13-28-22-9-4-18(14-19(22)16-26)15-25-10-2-1-3-11-25/h4-9,14H,1-3,10-13,15-17H2. The number of piperidine rings is 1. The zero-order chi connectivity index (χ0) is 20.1. The molecule has 2 aliphatic heterocycles. The van der Waals surface area contributed by atoms with Gasteiger partial charge in [-0.25, -0.2) is 4.39 Å². The molecule has 154 valence electrons. The third kappa shape index (κ3) is 5.26. The third-order valence-corrected chi connectivity index (χ3v) is 5.49. The van der Waals surface area contributed by atoms with E-state index in [0.29, 0.717) is 25.4 Å². The van der Waals surface area contributed by atoms with E-state index in [-0.39, 0.29) is 18.3 Å². The molecule has 0 aliphatic carbocycles. The molecule has 0 unspecified atom stereocenters. The molecule has 29 heavy (non-hydrogen) atoms. The van der Waals surface area contributed by atoms with Gasteiger partial charge in [0.25, 0.3) is 5.91 Å². The summed E-state index contributed by atoms with van der Waals surface area (Å²) in [7, 11) is 0.